The van der Waals surface area contributed by atoms with Crippen LogP contribution < -0.4 is 15.6 Å². The van der Waals surface area contributed by atoms with Crippen molar-refractivity contribution in [2.45, 2.75) is 12.5 Å². The van der Waals surface area contributed by atoms with E-state index >= 15 is 0 Å². The standard InChI is InChI=1S/C13H17N7O/c1-15-10(12-19(2)13(14)18-20(12)3)7-11(21)17-9-5-4-6-16-8-9/h4-6,8,10H,1,7H2,2-3H3,(H2-,14,17,18,21)/p+1. The second-order valence-electron chi connectivity index (χ2n) is 4.59. The largest absolute Gasteiger partial charge is 0.375 e. The van der Waals surface area contributed by atoms with Crippen molar-refractivity contribution in [1.29, 1.82) is 0 Å². The highest BCUT2D eigenvalue weighted by molar-refractivity contribution is 5.90. The van der Waals surface area contributed by atoms with Gasteiger partial charge in [0.15, 0.2) is 0 Å². The maximum Gasteiger partial charge on any atom is 0.375 e. The van der Waals surface area contributed by atoms with Crippen molar-refractivity contribution in [3.63, 3.8) is 0 Å². The molecule has 0 aliphatic heterocycles. The molecule has 3 N–H and O–H groups in total. The number of pyridine rings is 1. The van der Waals surface area contributed by atoms with Gasteiger partial charge in [-0.3, -0.25) is 14.8 Å². The zero-order valence-corrected chi connectivity index (χ0v) is 12.0. The van der Waals surface area contributed by atoms with Crippen molar-refractivity contribution >= 4 is 24.3 Å². The van der Waals surface area contributed by atoms with Crippen molar-refractivity contribution in [2.24, 2.45) is 19.1 Å². The minimum atomic E-state index is -0.429. The van der Waals surface area contributed by atoms with Gasteiger partial charge in [-0.1, -0.05) is 0 Å². The number of carbonyl (C=O) groups is 1. The number of nitrogen functional groups attached to an aromatic ring is 1. The third-order valence-corrected chi connectivity index (χ3v) is 3.11. The lowest BCUT2D eigenvalue weighted by molar-refractivity contribution is -0.667. The number of carbonyl (C=O) groups excluding carboxylic acids is 1. The number of nitrogens with two attached hydrogens (primary N) is 1. The number of aryl methyl sites for hydroxylation is 1. The van der Waals surface area contributed by atoms with Gasteiger partial charge in [-0.15, -0.1) is 4.68 Å². The van der Waals surface area contributed by atoms with E-state index in [1.165, 1.54) is 0 Å². The predicted octanol–water partition coefficient (Wildman–Crippen LogP) is -0.00770. The van der Waals surface area contributed by atoms with Gasteiger partial charge >= 0.3 is 5.95 Å². The van der Waals surface area contributed by atoms with Gasteiger partial charge in [0.05, 0.1) is 32.4 Å². The van der Waals surface area contributed by atoms with Gasteiger partial charge in [-0.2, -0.15) is 0 Å². The lowest BCUT2D eigenvalue weighted by atomic mass is 10.2. The molecule has 0 aliphatic rings. The zero-order valence-electron chi connectivity index (χ0n) is 12.0. The molecule has 0 bridgehead atoms. The first-order valence-electron chi connectivity index (χ1n) is 6.37. The average molecular weight is 288 g/mol. The van der Waals surface area contributed by atoms with Gasteiger partial charge in [0.1, 0.15) is 6.04 Å². The summed E-state index contributed by atoms with van der Waals surface area (Å²) < 4.78 is 3.29. The first-order valence-corrected chi connectivity index (χ1v) is 6.37. The van der Waals surface area contributed by atoms with E-state index in [0.29, 0.717) is 17.5 Å². The summed E-state index contributed by atoms with van der Waals surface area (Å²) in [4.78, 5) is 20.0. The third kappa shape index (κ3) is 3.22. The van der Waals surface area contributed by atoms with E-state index in [1.807, 2.05) is 0 Å². The molecule has 1 unspecified atom stereocenters. The minimum Gasteiger partial charge on any atom is -0.325 e. The summed E-state index contributed by atoms with van der Waals surface area (Å²) in [6.45, 7) is 3.55. The molecule has 0 saturated heterocycles. The molecule has 0 aliphatic carbocycles. The number of amides is 1. The van der Waals surface area contributed by atoms with Crippen molar-refractivity contribution in [2.75, 3.05) is 11.1 Å². The predicted molar refractivity (Wildman–Crippen MR) is 78.6 cm³/mol. The van der Waals surface area contributed by atoms with Crippen LogP contribution in [0.4, 0.5) is 11.6 Å². The van der Waals surface area contributed by atoms with E-state index in [4.69, 9.17) is 5.73 Å². The van der Waals surface area contributed by atoms with E-state index in [1.54, 1.807) is 47.9 Å². The first kappa shape index (κ1) is 14.6. The summed E-state index contributed by atoms with van der Waals surface area (Å²) in [7, 11) is 3.53. The molecule has 8 nitrogen and oxygen atoms in total. The van der Waals surface area contributed by atoms with Crippen molar-refractivity contribution in [3.8, 4) is 0 Å². The molecule has 0 aromatic carbocycles. The molecule has 2 aromatic heterocycles. The molecule has 1 amide bonds. The van der Waals surface area contributed by atoms with Gasteiger partial charge in [0.2, 0.25) is 11.7 Å². The van der Waals surface area contributed by atoms with Gasteiger partial charge in [-0.25, -0.2) is 4.57 Å². The molecule has 0 fully saturated rings. The maximum absolute atomic E-state index is 12.1. The SMILES string of the molecule is C=NC(CC(=O)Nc1cccnc1)c1n(C)nc(N)[n+]1C. The lowest BCUT2D eigenvalue weighted by Crippen LogP contribution is -2.37. The highest BCUT2D eigenvalue weighted by Gasteiger charge is 2.27. The molecule has 2 heterocycles. The Bertz CT molecular complexity index is 650. The Hall–Kier alpha value is -2.77. The average Bonchev–Trinajstić information content (AvgIpc) is 2.71. The van der Waals surface area contributed by atoms with Gasteiger partial charge in [-0.05, 0) is 18.9 Å². The number of nitrogens with zero attached hydrogens (tertiary/aromatic N) is 5. The van der Waals surface area contributed by atoms with E-state index in [0.717, 1.165) is 0 Å². The molecule has 2 rings (SSSR count). The Balaban J connectivity index is 2.12. The summed E-state index contributed by atoms with van der Waals surface area (Å²) in [6.07, 6.45) is 3.36. The topological polar surface area (TPSA) is 102 Å². The van der Waals surface area contributed by atoms with E-state index < -0.39 is 6.04 Å². The van der Waals surface area contributed by atoms with Crippen LogP contribution in [0.3, 0.4) is 0 Å². The molecule has 21 heavy (non-hydrogen) atoms. The van der Waals surface area contributed by atoms with E-state index in [-0.39, 0.29) is 12.3 Å². The number of hydrogen-bond acceptors (Lipinski definition) is 5. The van der Waals surface area contributed by atoms with Crippen LogP contribution in [0, 0.1) is 0 Å². The summed E-state index contributed by atoms with van der Waals surface area (Å²) >= 11 is 0. The minimum absolute atomic E-state index is 0.144. The summed E-state index contributed by atoms with van der Waals surface area (Å²) in [5.41, 5.74) is 6.39. The van der Waals surface area contributed by atoms with Crippen LogP contribution in [0.25, 0.3) is 0 Å². The van der Waals surface area contributed by atoms with Crippen LogP contribution in [0.15, 0.2) is 29.5 Å². The molecule has 110 valence electrons. The van der Waals surface area contributed by atoms with Crippen LogP contribution in [-0.2, 0) is 18.9 Å². The maximum atomic E-state index is 12.1. The fourth-order valence-corrected chi connectivity index (χ4v) is 2.11. The highest BCUT2D eigenvalue weighted by atomic mass is 16.1. The Labute approximate surface area is 122 Å². The summed E-state index contributed by atoms with van der Waals surface area (Å²) in [5.74, 6) is 0.887. The Kier molecular flexibility index (Phi) is 4.27. The number of rotatable bonds is 5. The number of anilines is 2. The van der Waals surface area contributed by atoms with Gasteiger partial charge in [0, 0.05) is 11.3 Å². The number of aliphatic imine (C=N–C) groups is 1. The second-order valence-corrected chi connectivity index (χ2v) is 4.59. The fraction of sp³-hybridized carbons (Fsp3) is 0.308. The summed E-state index contributed by atoms with van der Waals surface area (Å²) in [5, 5.41) is 6.86. The lowest BCUT2D eigenvalue weighted by Gasteiger charge is -2.10. The second kappa shape index (κ2) is 6.12. The molecule has 0 saturated carbocycles. The van der Waals surface area contributed by atoms with Gasteiger partial charge in [0.25, 0.3) is 0 Å². The molecule has 0 radical (unpaired) electrons. The Morgan fingerprint density at radius 3 is 2.95 bits per heavy atom. The van der Waals surface area contributed by atoms with Crippen LogP contribution in [0.1, 0.15) is 18.3 Å². The van der Waals surface area contributed by atoms with Crippen molar-refractivity contribution < 1.29 is 9.36 Å². The Morgan fingerprint density at radius 1 is 1.67 bits per heavy atom. The fourth-order valence-electron chi connectivity index (χ4n) is 2.11. The zero-order chi connectivity index (χ0) is 15.4. The number of nitrogens with one attached hydrogen (secondary N) is 1. The van der Waals surface area contributed by atoms with Crippen molar-refractivity contribution in [3.05, 3.63) is 30.4 Å². The van der Waals surface area contributed by atoms with Crippen molar-refractivity contribution in [1.82, 2.24) is 14.8 Å². The van der Waals surface area contributed by atoms with Crippen LogP contribution in [0.5, 0.6) is 0 Å². The molecule has 0 spiro atoms. The number of aromatic nitrogens is 4. The third-order valence-electron chi connectivity index (χ3n) is 3.11. The monoisotopic (exact) mass is 288 g/mol. The van der Waals surface area contributed by atoms with Crippen LogP contribution >= 0.6 is 0 Å². The molecular weight excluding hydrogens is 270 g/mol. The van der Waals surface area contributed by atoms with Crippen LogP contribution in [0.2, 0.25) is 0 Å². The normalized spacial score (nSPS) is 11.9. The molecule has 2 aromatic rings. The molecular formula is C13H18N7O+. The first-order chi connectivity index (χ1) is 10.0. The quantitative estimate of drug-likeness (QED) is 0.597. The Morgan fingerprint density at radius 2 is 2.43 bits per heavy atom. The van der Waals surface area contributed by atoms with Gasteiger partial charge < -0.3 is 11.1 Å². The van der Waals surface area contributed by atoms with E-state index in [9.17, 15) is 4.79 Å². The smallest absolute Gasteiger partial charge is 0.325 e. The van der Waals surface area contributed by atoms with E-state index in [2.05, 4.69) is 27.1 Å². The molecule has 1 atom stereocenters. The highest BCUT2D eigenvalue weighted by Crippen LogP contribution is 2.18. The summed E-state index contributed by atoms with van der Waals surface area (Å²) in [6, 6.07) is 3.09. The molecule has 8 heteroatoms. The van der Waals surface area contributed by atoms with Crippen LogP contribution in [-0.4, -0.2) is 27.4 Å². The number of hydrogen-bond donors (Lipinski definition) is 2.